The maximum atomic E-state index is 12.1. The Morgan fingerprint density at radius 3 is 2.77 bits per heavy atom. The van der Waals surface area contributed by atoms with Gasteiger partial charge >= 0.3 is 5.97 Å². The van der Waals surface area contributed by atoms with Gasteiger partial charge < -0.3 is 19.8 Å². The second kappa shape index (κ2) is 10.3. The monoisotopic (exact) mass is 474 g/mol. The molecule has 2 aromatic carbocycles. The quantitative estimate of drug-likeness (QED) is 0.460. The number of likely N-dealkylation sites (tertiary alicyclic amines) is 1. The van der Waals surface area contributed by atoms with Crippen LogP contribution in [-0.4, -0.2) is 52.8 Å². The fourth-order valence-corrected chi connectivity index (χ4v) is 5.84. The van der Waals surface area contributed by atoms with Crippen LogP contribution in [0.2, 0.25) is 0 Å². The highest BCUT2D eigenvalue weighted by Crippen LogP contribution is 2.48. The Labute approximate surface area is 206 Å². The van der Waals surface area contributed by atoms with Crippen molar-refractivity contribution in [3.8, 4) is 5.75 Å². The number of carboxylic acids is 1. The van der Waals surface area contributed by atoms with Crippen molar-refractivity contribution < 1.29 is 19.7 Å². The predicted octanol–water partition coefficient (Wildman–Crippen LogP) is 4.88. The maximum absolute atomic E-state index is 12.1. The van der Waals surface area contributed by atoms with Crippen molar-refractivity contribution in [2.45, 2.75) is 37.7 Å². The number of nitrogens with zero attached hydrogens (tertiary/aromatic N) is 2. The molecule has 3 unspecified atom stereocenters. The molecule has 184 valence electrons. The zero-order valence-electron chi connectivity index (χ0n) is 20.2. The summed E-state index contributed by atoms with van der Waals surface area (Å²) in [5.74, 6) is 0.929. The number of hydrogen-bond acceptors (Lipinski definition) is 5. The van der Waals surface area contributed by atoms with Gasteiger partial charge in [-0.1, -0.05) is 30.3 Å². The van der Waals surface area contributed by atoms with Crippen molar-refractivity contribution >= 4 is 16.9 Å². The van der Waals surface area contributed by atoms with Crippen LogP contribution in [0.1, 0.15) is 48.8 Å². The first-order valence-electron chi connectivity index (χ1n) is 12.6. The average molecular weight is 475 g/mol. The molecule has 6 heteroatoms. The first kappa shape index (κ1) is 23.8. The van der Waals surface area contributed by atoms with Gasteiger partial charge in [0, 0.05) is 24.7 Å². The van der Waals surface area contributed by atoms with Crippen LogP contribution in [0.15, 0.2) is 60.8 Å². The maximum Gasteiger partial charge on any atom is 0.308 e. The number of aliphatic hydroxyl groups excluding tert-OH is 1. The highest BCUT2D eigenvalue weighted by Gasteiger charge is 2.41. The van der Waals surface area contributed by atoms with E-state index in [2.05, 4.69) is 34.1 Å². The lowest BCUT2D eigenvalue weighted by molar-refractivity contribution is -0.146. The molecule has 35 heavy (non-hydrogen) atoms. The number of fused-ring (bicyclic) bond motifs is 1. The van der Waals surface area contributed by atoms with Crippen molar-refractivity contribution in [2.24, 2.45) is 17.8 Å². The lowest BCUT2D eigenvalue weighted by Crippen LogP contribution is -2.44. The van der Waals surface area contributed by atoms with E-state index in [0.717, 1.165) is 41.7 Å². The van der Waals surface area contributed by atoms with E-state index in [1.807, 2.05) is 30.3 Å². The van der Waals surface area contributed by atoms with E-state index in [1.165, 1.54) is 12.0 Å². The smallest absolute Gasteiger partial charge is 0.308 e. The first-order chi connectivity index (χ1) is 17.0. The average Bonchev–Trinajstić information content (AvgIpc) is 3.66. The molecule has 3 aromatic rings. The van der Waals surface area contributed by atoms with Crippen molar-refractivity contribution in [3.05, 3.63) is 71.9 Å². The molecule has 1 aromatic heterocycles. The summed E-state index contributed by atoms with van der Waals surface area (Å²) >= 11 is 0. The van der Waals surface area contributed by atoms with Gasteiger partial charge in [-0.2, -0.15) is 0 Å². The number of aliphatic carboxylic acids is 1. The zero-order chi connectivity index (χ0) is 24.4. The molecule has 1 saturated carbocycles. The fraction of sp³-hybridized carbons (Fsp3) is 0.448. The normalized spacial score (nSPS) is 25.3. The van der Waals surface area contributed by atoms with E-state index in [-0.39, 0.29) is 11.8 Å². The van der Waals surface area contributed by atoms with Gasteiger partial charge in [0.1, 0.15) is 5.75 Å². The molecule has 5 atom stereocenters. The van der Waals surface area contributed by atoms with Gasteiger partial charge in [-0.3, -0.25) is 9.78 Å². The van der Waals surface area contributed by atoms with E-state index >= 15 is 0 Å². The number of ether oxygens (including phenoxy) is 1. The minimum atomic E-state index is -0.719. The standard InChI is InChI=1S/C29H34N2O4/c1-35-22-8-9-27-25(16-22)23(11-13-30-27)28(32)10-7-20-12-14-31(18-26(20)29(33)34)17-21-15-24(21)19-5-3-2-4-6-19/h2-6,8-9,11,13,16,20-21,24,26,28,32H,7,10,12,14-15,17-18H2,1H3,(H,33,34)/t20?,21-,24-,26?,28?/m0/s1. The van der Waals surface area contributed by atoms with Gasteiger partial charge in [0.2, 0.25) is 0 Å². The lowest BCUT2D eigenvalue weighted by atomic mass is 9.81. The van der Waals surface area contributed by atoms with E-state index < -0.39 is 12.1 Å². The van der Waals surface area contributed by atoms with Crippen LogP contribution in [-0.2, 0) is 4.79 Å². The Hall–Kier alpha value is -2.96. The third kappa shape index (κ3) is 5.34. The first-order valence-corrected chi connectivity index (χ1v) is 12.6. The molecule has 1 aliphatic carbocycles. The summed E-state index contributed by atoms with van der Waals surface area (Å²) in [7, 11) is 1.62. The Bertz CT molecular complexity index is 1170. The molecule has 0 bridgehead atoms. The molecule has 1 saturated heterocycles. The fourth-order valence-electron chi connectivity index (χ4n) is 5.84. The molecule has 2 fully saturated rings. The number of piperidine rings is 1. The van der Waals surface area contributed by atoms with Crippen LogP contribution >= 0.6 is 0 Å². The van der Waals surface area contributed by atoms with Crippen molar-refractivity contribution in [3.63, 3.8) is 0 Å². The van der Waals surface area contributed by atoms with Gasteiger partial charge in [0.25, 0.3) is 0 Å². The minimum absolute atomic E-state index is 0.0742. The second-order valence-electron chi connectivity index (χ2n) is 10.1. The number of rotatable bonds is 9. The molecular formula is C29H34N2O4. The van der Waals surface area contributed by atoms with Crippen LogP contribution in [0, 0.1) is 17.8 Å². The lowest BCUT2D eigenvalue weighted by Gasteiger charge is -2.37. The highest BCUT2D eigenvalue weighted by atomic mass is 16.5. The van der Waals surface area contributed by atoms with E-state index in [9.17, 15) is 15.0 Å². The largest absolute Gasteiger partial charge is 0.497 e. The topological polar surface area (TPSA) is 82.9 Å². The van der Waals surface area contributed by atoms with Gasteiger partial charge in [-0.15, -0.1) is 0 Å². The Balaban J connectivity index is 1.19. The molecule has 2 heterocycles. The van der Waals surface area contributed by atoms with Crippen LogP contribution in [0.3, 0.4) is 0 Å². The highest BCUT2D eigenvalue weighted by molar-refractivity contribution is 5.83. The molecule has 0 radical (unpaired) electrons. The third-order valence-electron chi connectivity index (χ3n) is 7.95. The number of aliphatic hydroxyl groups is 1. The van der Waals surface area contributed by atoms with Gasteiger partial charge in [-0.05, 0) is 85.4 Å². The van der Waals surface area contributed by atoms with E-state index in [4.69, 9.17) is 4.74 Å². The molecule has 0 amide bonds. The van der Waals surface area contributed by atoms with Crippen molar-refractivity contribution in [1.29, 1.82) is 0 Å². The number of pyridine rings is 1. The minimum Gasteiger partial charge on any atom is -0.497 e. The number of hydrogen-bond donors (Lipinski definition) is 2. The molecule has 2 aliphatic rings. The summed E-state index contributed by atoms with van der Waals surface area (Å²) < 4.78 is 5.35. The predicted molar refractivity (Wildman–Crippen MR) is 135 cm³/mol. The number of benzene rings is 2. The third-order valence-corrected chi connectivity index (χ3v) is 7.95. The summed E-state index contributed by atoms with van der Waals surface area (Å²) in [6.07, 6.45) is 4.32. The van der Waals surface area contributed by atoms with E-state index in [1.54, 1.807) is 13.3 Å². The molecule has 1 aliphatic heterocycles. The summed E-state index contributed by atoms with van der Waals surface area (Å²) in [4.78, 5) is 18.9. The van der Waals surface area contributed by atoms with Crippen LogP contribution in [0.25, 0.3) is 10.9 Å². The van der Waals surface area contributed by atoms with Crippen LogP contribution < -0.4 is 4.74 Å². The summed E-state index contributed by atoms with van der Waals surface area (Å²) in [6, 6.07) is 18.1. The van der Waals surface area contributed by atoms with Gasteiger partial charge in [0.15, 0.2) is 0 Å². The van der Waals surface area contributed by atoms with E-state index in [0.29, 0.717) is 31.2 Å². The van der Waals surface area contributed by atoms with Crippen LogP contribution in [0.4, 0.5) is 0 Å². The zero-order valence-corrected chi connectivity index (χ0v) is 20.2. The molecule has 0 spiro atoms. The summed E-state index contributed by atoms with van der Waals surface area (Å²) in [5, 5.41) is 21.9. The summed E-state index contributed by atoms with van der Waals surface area (Å²) in [5.41, 5.74) is 3.03. The Morgan fingerprint density at radius 1 is 1.17 bits per heavy atom. The SMILES string of the molecule is COc1ccc2nccc(C(O)CCC3CCN(C[C@@H]4C[C@H]4c4ccccc4)CC3C(=O)O)c2c1. The molecule has 6 nitrogen and oxygen atoms in total. The molecular weight excluding hydrogens is 440 g/mol. The molecule has 5 rings (SSSR count). The number of aromatic nitrogens is 1. The van der Waals surface area contributed by atoms with Crippen LogP contribution in [0.5, 0.6) is 5.75 Å². The number of carboxylic acid groups (broad SMARTS) is 1. The van der Waals surface area contributed by atoms with Gasteiger partial charge in [-0.25, -0.2) is 0 Å². The second-order valence-corrected chi connectivity index (χ2v) is 10.1. The Morgan fingerprint density at radius 2 is 2.00 bits per heavy atom. The summed E-state index contributed by atoms with van der Waals surface area (Å²) in [6.45, 7) is 2.50. The van der Waals surface area contributed by atoms with Crippen molar-refractivity contribution in [2.75, 3.05) is 26.7 Å². The van der Waals surface area contributed by atoms with Gasteiger partial charge in [0.05, 0.1) is 24.6 Å². The number of methoxy groups -OCH3 is 1. The Kier molecular flexibility index (Phi) is 7.02. The number of carbonyl (C=O) groups is 1. The van der Waals surface area contributed by atoms with Crippen molar-refractivity contribution in [1.82, 2.24) is 9.88 Å². The molecule has 2 N–H and O–H groups in total.